The van der Waals surface area contributed by atoms with Crippen LogP contribution in [0.4, 0.5) is 5.69 Å². The van der Waals surface area contributed by atoms with E-state index in [1.165, 1.54) is 94.7 Å². The highest BCUT2D eigenvalue weighted by atomic mass is 16.1. The van der Waals surface area contributed by atoms with Crippen molar-refractivity contribution in [2.75, 3.05) is 11.9 Å². The molecule has 0 saturated heterocycles. The van der Waals surface area contributed by atoms with Gasteiger partial charge in [-0.1, -0.05) is 62.5 Å². The van der Waals surface area contributed by atoms with Crippen molar-refractivity contribution in [2.45, 2.75) is 89.5 Å². The first kappa shape index (κ1) is 24.7. The Morgan fingerprint density at radius 3 is 2.56 bits per heavy atom. The molecule has 3 nitrogen and oxygen atoms in total. The van der Waals surface area contributed by atoms with Crippen LogP contribution >= 0.6 is 0 Å². The molecule has 3 N–H and O–H groups in total. The monoisotopic (exact) mass is 488 g/mol. The Labute approximate surface area is 219 Å². The number of aldehydes is 1. The van der Waals surface area contributed by atoms with Crippen molar-refractivity contribution in [3.8, 4) is 0 Å². The van der Waals surface area contributed by atoms with E-state index < -0.39 is 0 Å². The molecule has 0 spiro atoms. The molecule has 0 heterocycles. The second-order valence-corrected chi connectivity index (χ2v) is 13.5. The van der Waals surface area contributed by atoms with Crippen LogP contribution in [0, 0.1) is 52.8 Å². The number of nitrogens with two attached hydrogens (primary N) is 1. The van der Waals surface area contributed by atoms with Gasteiger partial charge in [-0.25, -0.2) is 0 Å². The summed E-state index contributed by atoms with van der Waals surface area (Å²) in [5, 5.41) is 3.65. The molecule has 1 aromatic carbocycles. The van der Waals surface area contributed by atoms with Crippen molar-refractivity contribution in [3.63, 3.8) is 0 Å². The summed E-state index contributed by atoms with van der Waals surface area (Å²) in [6.07, 6.45) is 18.5. The lowest BCUT2D eigenvalue weighted by molar-refractivity contribution is -0.110. The minimum atomic E-state index is -0.276. The molecule has 0 radical (unpaired) electrons. The maximum absolute atomic E-state index is 12.2. The van der Waals surface area contributed by atoms with E-state index in [-0.39, 0.29) is 11.5 Å². The molecule has 5 aliphatic rings. The van der Waals surface area contributed by atoms with E-state index in [0.29, 0.717) is 17.8 Å². The Morgan fingerprint density at radius 1 is 1.00 bits per heavy atom. The van der Waals surface area contributed by atoms with Crippen LogP contribution in [0.15, 0.2) is 42.5 Å². The van der Waals surface area contributed by atoms with Crippen molar-refractivity contribution in [2.24, 2.45) is 58.5 Å². The summed E-state index contributed by atoms with van der Waals surface area (Å²) >= 11 is 0. The van der Waals surface area contributed by atoms with Gasteiger partial charge in [0, 0.05) is 12.2 Å². The summed E-state index contributed by atoms with van der Waals surface area (Å²) in [5.41, 5.74) is 9.57. The van der Waals surface area contributed by atoms with E-state index >= 15 is 0 Å². The average molecular weight is 489 g/mol. The van der Waals surface area contributed by atoms with E-state index in [9.17, 15) is 4.79 Å². The molecule has 5 fully saturated rings. The highest BCUT2D eigenvalue weighted by Crippen LogP contribution is 2.74. The second kappa shape index (κ2) is 10.3. The van der Waals surface area contributed by atoms with Gasteiger partial charge in [0.25, 0.3) is 0 Å². The first-order valence-electron chi connectivity index (χ1n) is 15.3. The van der Waals surface area contributed by atoms with Gasteiger partial charge in [-0.05, 0) is 116 Å². The minimum Gasteiger partial charge on any atom is -0.385 e. The van der Waals surface area contributed by atoms with Gasteiger partial charge < -0.3 is 15.8 Å². The standard InChI is InChI=1S/C33H48N2O/c1-22-11-14-30-32(29-19-26(18-28(22)29)25-7-5-6-8-25)33(30,31(34)21-36)16-15-23-12-13-24(17-23)20-35-27-9-3-2-4-10-27/h2-4,9-10,21,23-26,28-32,35H,1,5-8,11-20,34H2/t23-,24-,26-,28+,29+,30+,31-,32-,33+/m0/s1. The first-order chi connectivity index (χ1) is 17.6. The van der Waals surface area contributed by atoms with Crippen molar-refractivity contribution >= 4 is 12.0 Å². The van der Waals surface area contributed by atoms with Gasteiger partial charge in [0.05, 0.1) is 6.04 Å². The Morgan fingerprint density at radius 2 is 1.78 bits per heavy atom. The van der Waals surface area contributed by atoms with E-state index in [4.69, 9.17) is 5.73 Å². The zero-order valence-electron chi connectivity index (χ0n) is 22.3. The molecule has 0 aromatic heterocycles. The van der Waals surface area contributed by atoms with Crippen LogP contribution in [-0.4, -0.2) is 18.9 Å². The number of hydrogen-bond acceptors (Lipinski definition) is 3. The Hall–Kier alpha value is -1.61. The molecule has 9 atom stereocenters. The van der Waals surface area contributed by atoms with E-state index in [0.717, 1.165) is 42.4 Å². The molecule has 1 aromatic rings. The summed E-state index contributed by atoms with van der Waals surface area (Å²) in [5.74, 6) is 6.19. The molecule has 196 valence electrons. The molecule has 36 heavy (non-hydrogen) atoms. The lowest BCUT2D eigenvalue weighted by Gasteiger charge is -2.29. The quantitative estimate of drug-likeness (QED) is 0.285. The highest BCUT2D eigenvalue weighted by molar-refractivity contribution is 5.61. The Bertz CT molecular complexity index is 923. The third-order valence-electron chi connectivity index (χ3n) is 11.9. The topological polar surface area (TPSA) is 55.1 Å². The van der Waals surface area contributed by atoms with Gasteiger partial charge >= 0.3 is 0 Å². The summed E-state index contributed by atoms with van der Waals surface area (Å²) in [7, 11) is 0. The molecule has 5 saturated carbocycles. The highest BCUT2D eigenvalue weighted by Gasteiger charge is 2.70. The largest absolute Gasteiger partial charge is 0.385 e. The fourth-order valence-corrected chi connectivity index (χ4v) is 10.0. The van der Waals surface area contributed by atoms with Crippen molar-refractivity contribution < 1.29 is 4.79 Å². The number of benzene rings is 1. The lowest BCUT2D eigenvalue weighted by atomic mass is 9.77. The maximum Gasteiger partial charge on any atom is 0.137 e. The van der Waals surface area contributed by atoms with Gasteiger partial charge in [-0.3, -0.25) is 0 Å². The average Bonchev–Trinajstić information content (AvgIpc) is 3.41. The van der Waals surface area contributed by atoms with Crippen LogP contribution in [0.25, 0.3) is 0 Å². The van der Waals surface area contributed by atoms with Crippen LogP contribution in [0.2, 0.25) is 0 Å². The van der Waals surface area contributed by atoms with Crippen molar-refractivity contribution in [1.82, 2.24) is 0 Å². The molecular formula is C33H48N2O. The number of anilines is 1. The number of carbonyl (C=O) groups excluding carboxylic acids is 1. The van der Waals surface area contributed by atoms with Crippen LogP contribution in [0.3, 0.4) is 0 Å². The number of rotatable bonds is 9. The van der Waals surface area contributed by atoms with E-state index in [1.807, 2.05) is 0 Å². The predicted octanol–water partition coefficient (Wildman–Crippen LogP) is 7.24. The molecule has 0 bridgehead atoms. The molecule has 3 heteroatoms. The van der Waals surface area contributed by atoms with Gasteiger partial charge in [0.1, 0.15) is 6.29 Å². The third-order valence-corrected chi connectivity index (χ3v) is 11.9. The lowest BCUT2D eigenvalue weighted by Crippen LogP contribution is -2.37. The third kappa shape index (κ3) is 4.48. The van der Waals surface area contributed by atoms with Gasteiger partial charge in [0.2, 0.25) is 0 Å². The van der Waals surface area contributed by atoms with Crippen LogP contribution in [-0.2, 0) is 4.79 Å². The number of hydrogen-bond donors (Lipinski definition) is 2. The van der Waals surface area contributed by atoms with Crippen LogP contribution in [0.5, 0.6) is 0 Å². The van der Waals surface area contributed by atoms with Crippen molar-refractivity contribution in [3.05, 3.63) is 42.5 Å². The molecular weight excluding hydrogens is 440 g/mol. The minimum absolute atomic E-state index is 0.0797. The van der Waals surface area contributed by atoms with Gasteiger partial charge in [-0.15, -0.1) is 0 Å². The summed E-state index contributed by atoms with van der Waals surface area (Å²) in [4.78, 5) is 12.2. The number of carbonyl (C=O) groups is 1. The van der Waals surface area contributed by atoms with E-state index in [2.05, 4.69) is 42.2 Å². The van der Waals surface area contributed by atoms with E-state index in [1.54, 1.807) is 0 Å². The number of allylic oxidation sites excluding steroid dienone is 1. The zero-order chi connectivity index (χ0) is 24.7. The Kier molecular flexibility index (Phi) is 7.05. The normalized spacial score (nSPS) is 40.9. The Balaban J connectivity index is 1.10. The second-order valence-electron chi connectivity index (χ2n) is 13.5. The number of nitrogens with one attached hydrogen (secondary N) is 1. The maximum atomic E-state index is 12.2. The summed E-state index contributed by atoms with van der Waals surface area (Å²) in [6, 6.07) is 10.3. The molecule has 0 amide bonds. The number of para-hydroxylation sites is 1. The molecule has 0 unspecified atom stereocenters. The first-order valence-corrected chi connectivity index (χ1v) is 15.3. The van der Waals surface area contributed by atoms with Gasteiger partial charge in [0.15, 0.2) is 0 Å². The fraction of sp³-hybridized carbons (Fsp3) is 0.727. The smallest absolute Gasteiger partial charge is 0.137 e. The molecule has 5 aliphatic carbocycles. The predicted molar refractivity (Wildman–Crippen MR) is 148 cm³/mol. The summed E-state index contributed by atoms with van der Waals surface area (Å²) < 4.78 is 0. The molecule has 6 rings (SSSR count). The van der Waals surface area contributed by atoms with Crippen molar-refractivity contribution in [1.29, 1.82) is 0 Å². The summed E-state index contributed by atoms with van der Waals surface area (Å²) in [6.45, 7) is 5.68. The zero-order valence-corrected chi connectivity index (χ0v) is 22.3. The SMILES string of the molecule is C=C1CC[C@@H]2[C@H]([C@@H]3C[C@@H](C4CCCC4)C[C@H]13)[C@@]2(CC[C@@H]1CC[C@H](CNc2ccccc2)C1)[C@@H](N)C=O. The van der Waals surface area contributed by atoms with Gasteiger partial charge in [-0.2, -0.15) is 0 Å². The van der Waals surface area contributed by atoms with Crippen LogP contribution in [0.1, 0.15) is 83.5 Å². The molecule has 0 aliphatic heterocycles. The number of fused-ring (bicyclic) bond motifs is 3. The van der Waals surface area contributed by atoms with Crippen LogP contribution < -0.4 is 11.1 Å². The fourth-order valence-electron chi connectivity index (χ4n) is 10.0.